The molecule has 0 atom stereocenters. The monoisotopic (exact) mass is 199 g/mol. The van der Waals surface area contributed by atoms with Crippen molar-refractivity contribution >= 4 is 24.6 Å². The van der Waals surface area contributed by atoms with E-state index < -0.39 is 0 Å². The summed E-state index contributed by atoms with van der Waals surface area (Å²) in [5.74, 6) is 0. The van der Waals surface area contributed by atoms with Gasteiger partial charge in [0, 0.05) is 11.4 Å². The molecule has 0 aliphatic heterocycles. The number of nitrogens with zero attached hydrogens (tertiary/aromatic N) is 1. The van der Waals surface area contributed by atoms with Crippen molar-refractivity contribution in [2.75, 3.05) is 13.3 Å². The zero-order valence-corrected chi connectivity index (χ0v) is 9.03. The lowest BCUT2D eigenvalue weighted by Crippen LogP contribution is -2.03. The van der Waals surface area contributed by atoms with E-state index in [1.54, 1.807) is 11.8 Å². The van der Waals surface area contributed by atoms with Crippen LogP contribution in [-0.2, 0) is 6.54 Å². The zero-order chi connectivity index (χ0) is 8.97. The summed E-state index contributed by atoms with van der Waals surface area (Å²) in [7, 11) is 1.95. The van der Waals surface area contributed by atoms with Crippen molar-refractivity contribution in [1.82, 2.24) is 4.31 Å². The molecule has 12 heavy (non-hydrogen) atoms. The van der Waals surface area contributed by atoms with E-state index in [0.717, 1.165) is 6.54 Å². The van der Waals surface area contributed by atoms with Crippen LogP contribution in [0.1, 0.15) is 5.56 Å². The van der Waals surface area contributed by atoms with E-state index >= 15 is 0 Å². The Balaban J connectivity index is 2.65. The van der Waals surface area contributed by atoms with Gasteiger partial charge in [0.25, 0.3) is 0 Å². The molecule has 0 aliphatic carbocycles. The van der Waals surface area contributed by atoms with E-state index in [1.807, 2.05) is 11.4 Å². The molecule has 0 unspecified atom stereocenters. The van der Waals surface area contributed by atoms with Gasteiger partial charge in [0.05, 0.1) is 0 Å². The smallest absolute Gasteiger partial charge is 0.0335 e. The predicted octanol–water partition coefficient (Wildman–Crippen LogP) is 2.69. The van der Waals surface area contributed by atoms with Gasteiger partial charge in [0.1, 0.15) is 0 Å². The fourth-order valence-corrected chi connectivity index (χ4v) is 1.57. The number of hydrogen-bond acceptors (Lipinski definition) is 3. The number of benzene rings is 1. The molecule has 0 fully saturated rings. The Morgan fingerprint density at radius 2 is 1.92 bits per heavy atom. The molecule has 1 rings (SSSR count). The molecule has 0 bridgehead atoms. The highest BCUT2D eigenvalue weighted by molar-refractivity contribution is 7.98. The quantitative estimate of drug-likeness (QED) is 0.589. The van der Waals surface area contributed by atoms with Crippen LogP contribution < -0.4 is 0 Å². The lowest BCUT2D eigenvalue weighted by atomic mass is 10.2. The van der Waals surface area contributed by atoms with E-state index in [1.165, 1.54) is 10.5 Å². The maximum absolute atomic E-state index is 4.19. The van der Waals surface area contributed by atoms with Gasteiger partial charge in [-0.2, -0.15) is 0 Å². The average Bonchev–Trinajstić information content (AvgIpc) is 2.05. The van der Waals surface area contributed by atoms with Gasteiger partial charge in [-0.05, 0) is 31.0 Å². The van der Waals surface area contributed by atoms with Gasteiger partial charge in [-0.15, -0.1) is 11.8 Å². The summed E-state index contributed by atoms with van der Waals surface area (Å²) >= 11 is 5.95. The number of rotatable bonds is 3. The molecule has 66 valence electrons. The molecule has 0 saturated heterocycles. The summed E-state index contributed by atoms with van der Waals surface area (Å²) in [4.78, 5) is 1.31. The van der Waals surface area contributed by atoms with Crippen LogP contribution in [-0.4, -0.2) is 17.6 Å². The van der Waals surface area contributed by atoms with Crippen LogP contribution in [0.25, 0.3) is 0 Å². The Labute approximate surface area is 83.7 Å². The lowest BCUT2D eigenvalue weighted by Gasteiger charge is -2.08. The van der Waals surface area contributed by atoms with Crippen molar-refractivity contribution in [2.45, 2.75) is 11.4 Å². The van der Waals surface area contributed by atoms with Crippen molar-refractivity contribution in [3.05, 3.63) is 29.8 Å². The molecular formula is C9H13NS2. The number of hydrogen-bond donors (Lipinski definition) is 1. The van der Waals surface area contributed by atoms with Crippen LogP contribution in [0, 0.1) is 0 Å². The fraction of sp³-hybridized carbons (Fsp3) is 0.333. The minimum absolute atomic E-state index is 0.887. The Bertz CT molecular complexity index is 231. The Kier molecular flexibility index (Phi) is 3.98. The van der Waals surface area contributed by atoms with Crippen molar-refractivity contribution in [1.29, 1.82) is 0 Å². The average molecular weight is 199 g/mol. The molecule has 0 saturated carbocycles. The summed E-state index contributed by atoms with van der Waals surface area (Å²) in [6, 6.07) is 8.55. The van der Waals surface area contributed by atoms with Gasteiger partial charge in [-0.3, -0.25) is 4.31 Å². The summed E-state index contributed by atoms with van der Waals surface area (Å²) in [5, 5.41) is 0. The molecule has 0 heterocycles. The molecule has 0 spiro atoms. The van der Waals surface area contributed by atoms with Crippen LogP contribution in [0.15, 0.2) is 29.2 Å². The second kappa shape index (κ2) is 4.80. The first-order valence-corrected chi connectivity index (χ1v) is 5.38. The zero-order valence-electron chi connectivity index (χ0n) is 7.32. The van der Waals surface area contributed by atoms with E-state index in [-0.39, 0.29) is 0 Å². The molecule has 1 nitrogen and oxygen atoms in total. The van der Waals surface area contributed by atoms with Crippen molar-refractivity contribution in [3.8, 4) is 0 Å². The third-order valence-electron chi connectivity index (χ3n) is 1.57. The standard InChI is InChI=1S/C9H13NS2/c1-10(11)7-8-3-5-9(12-2)6-4-8/h3-6,11H,7H2,1-2H3. The van der Waals surface area contributed by atoms with Gasteiger partial charge in [0.2, 0.25) is 0 Å². The Hall–Kier alpha value is -0.120. The number of thioether (sulfide) groups is 1. The highest BCUT2D eigenvalue weighted by Gasteiger charge is 1.95. The van der Waals surface area contributed by atoms with Crippen molar-refractivity contribution in [2.24, 2.45) is 0 Å². The maximum atomic E-state index is 4.19. The van der Waals surface area contributed by atoms with E-state index in [2.05, 4.69) is 43.3 Å². The van der Waals surface area contributed by atoms with Crippen LogP contribution in [0.4, 0.5) is 0 Å². The Morgan fingerprint density at radius 1 is 1.33 bits per heavy atom. The van der Waals surface area contributed by atoms with Crippen LogP contribution >= 0.6 is 24.6 Å². The normalized spacial score (nSPS) is 10.7. The molecule has 0 radical (unpaired) electrons. The van der Waals surface area contributed by atoms with E-state index in [0.29, 0.717) is 0 Å². The Morgan fingerprint density at radius 3 is 2.33 bits per heavy atom. The number of thiol groups is 1. The molecule has 0 N–H and O–H groups in total. The molecule has 0 aromatic heterocycles. The first-order chi connectivity index (χ1) is 5.72. The first kappa shape index (κ1) is 9.96. The van der Waals surface area contributed by atoms with Crippen molar-refractivity contribution in [3.63, 3.8) is 0 Å². The van der Waals surface area contributed by atoms with Crippen LogP contribution in [0.3, 0.4) is 0 Å². The molecule has 0 aliphatic rings. The van der Waals surface area contributed by atoms with Gasteiger partial charge in [-0.25, -0.2) is 0 Å². The second-order valence-corrected chi connectivity index (χ2v) is 4.23. The summed E-state index contributed by atoms with van der Waals surface area (Å²) in [6.45, 7) is 0.887. The SMILES string of the molecule is CSc1ccc(CN(C)S)cc1. The fourth-order valence-electron chi connectivity index (χ4n) is 0.995. The summed E-state index contributed by atoms with van der Waals surface area (Å²) in [5.41, 5.74) is 1.30. The molecule has 1 aromatic rings. The van der Waals surface area contributed by atoms with Gasteiger partial charge in [-0.1, -0.05) is 24.9 Å². The lowest BCUT2D eigenvalue weighted by molar-refractivity contribution is 0.572. The van der Waals surface area contributed by atoms with Gasteiger partial charge < -0.3 is 0 Å². The largest absolute Gasteiger partial charge is 0.252 e. The first-order valence-electron chi connectivity index (χ1n) is 3.75. The summed E-state index contributed by atoms with van der Waals surface area (Å²) < 4.78 is 1.87. The summed E-state index contributed by atoms with van der Waals surface area (Å²) in [6.07, 6.45) is 2.08. The highest BCUT2D eigenvalue weighted by Crippen LogP contribution is 2.15. The van der Waals surface area contributed by atoms with Crippen molar-refractivity contribution < 1.29 is 0 Å². The topological polar surface area (TPSA) is 3.24 Å². The van der Waals surface area contributed by atoms with E-state index in [9.17, 15) is 0 Å². The van der Waals surface area contributed by atoms with Crippen LogP contribution in [0.2, 0.25) is 0 Å². The van der Waals surface area contributed by atoms with Gasteiger partial charge >= 0.3 is 0 Å². The van der Waals surface area contributed by atoms with Gasteiger partial charge in [0.15, 0.2) is 0 Å². The minimum Gasteiger partial charge on any atom is -0.252 e. The third-order valence-corrected chi connectivity index (χ3v) is 2.46. The van der Waals surface area contributed by atoms with E-state index in [4.69, 9.17) is 0 Å². The molecular weight excluding hydrogens is 186 g/mol. The molecule has 0 amide bonds. The molecule has 1 aromatic carbocycles. The van der Waals surface area contributed by atoms with Crippen LogP contribution in [0.5, 0.6) is 0 Å². The predicted molar refractivity (Wildman–Crippen MR) is 58.7 cm³/mol. The molecule has 3 heteroatoms. The highest BCUT2D eigenvalue weighted by atomic mass is 32.2. The third kappa shape index (κ3) is 3.09. The second-order valence-electron chi connectivity index (χ2n) is 2.66. The minimum atomic E-state index is 0.887. The maximum Gasteiger partial charge on any atom is 0.0335 e.